The second kappa shape index (κ2) is 15.2. The predicted octanol–water partition coefficient (Wildman–Crippen LogP) is 16.5. The van der Waals surface area contributed by atoms with Gasteiger partial charge in [-0.3, -0.25) is 0 Å². The zero-order valence-corrected chi connectivity index (χ0v) is 38.3. The van der Waals surface area contributed by atoms with Crippen molar-refractivity contribution in [3.8, 4) is 51.2 Å². The van der Waals surface area contributed by atoms with Crippen molar-refractivity contribution in [2.75, 3.05) is 0 Å². The maximum atomic E-state index is 5.18. The van der Waals surface area contributed by atoms with Crippen LogP contribution in [0.15, 0.2) is 231 Å². The van der Waals surface area contributed by atoms with Crippen LogP contribution >= 0.6 is 11.3 Å². The quantitative estimate of drug-likeness (QED) is 0.167. The van der Waals surface area contributed by atoms with Crippen molar-refractivity contribution in [3.05, 3.63) is 231 Å². The number of para-hydroxylation sites is 4. The summed E-state index contributed by atoms with van der Waals surface area (Å²) in [5, 5.41) is 9.71. The first kappa shape index (κ1) is 38.9. The van der Waals surface area contributed by atoms with Gasteiger partial charge >= 0.3 is 0 Å². The molecule has 5 aromatic heterocycles. The van der Waals surface area contributed by atoms with Crippen LogP contribution in [0, 0.1) is 0 Å². The summed E-state index contributed by atoms with van der Waals surface area (Å²) in [5.74, 6) is 1.95. The second-order valence-corrected chi connectivity index (χ2v) is 19.0. The summed E-state index contributed by atoms with van der Waals surface area (Å²) < 4.78 is 9.66. The Bertz CT molecular complexity index is 4260. The molecular weight excluding hydrogens is 873 g/mol. The average molecular weight is 911 g/mol. The topological polar surface area (TPSA) is 53.5 Å². The fourth-order valence-electron chi connectivity index (χ4n) is 11.0. The Morgan fingerprint density at radius 2 is 0.657 bits per heavy atom. The average Bonchev–Trinajstić information content (AvgIpc) is 4.17. The first-order chi connectivity index (χ1) is 34.7. The standard InChI is InChI=1S/C63H38N6S/c1-3-17-39(18-4-1)61-64-62(40-19-5-2-6-20-40)66-63(65-61)49-27-15-25-47-48-26-16-32-58(60(48)70-59(47)49)69-56-35-33-41(67-52-28-11-7-21-43(52)44-22-8-12-29-53(44)67)37-50(56)51-38-42(34-36-57(51)69)68-54-30-13-9-23-45(54)46-24-10-14-31-55(46)68/h1-38H. The number of fused-ring (bicyclic) bond motifs is 12. The molecule has 0 saturated carbocycles. The third kappa shape index (κ3) is 5.76. The predicted molar refractivity (Wildman–Crippen MR) is 292 cm³/mol. The molecule has 10 aromatic carbocycles. The van der Waals surface area contributed by atoms with Crippen LogP contribution in [-0.2, 0) is 0 Å². The van der Waals surface area contributed by atoms with Gasteiger partial charge in [0.15, 0.2) is 17.5 Å². The van der Waals surface area contributed by atoms with E-state index < -0.39 is 0 Å². The summed E-state index contributed by atoms with van der Waals surface area (Å²) in [6.07, 6.45) is 0. The molecule has 5 heterocycles. The summed E-state index contributed by atoms with van der Waals surface area (Å²) in [6, 6.07) is 82.7. The van der Waals surface area contributed by atoms with Crippen LogP contribution in [0.2, 0.25) is 0 Å². The van der Waals surface area contributed by atoms with Crippen molar-refractivity contribution in [1.29, 1.82) is 0 Å². The van der Waals surface area contributed by atoms with Crippen LogP contribution in [0.5, 0.6) is 0 Å². The summed E-state index contributed by atoms with van der Waals surface area (Å²) in [5.41, 5.74) is 13.3. The van der Waals surface area contributed by atoms with E-state index in [0.717, 1.165) is 49.5 Å². The van der Waals surface area contributed by atoms with E-state index in [2.05, 4.69) is 208 Å². The van der Waals surface area contributed by atoms with E-state index in [4.69, 9.17) is 15.0 Å². The Kier molecular flexibility index (Phi) is 8.43. The van der Waals surface area contributed by atoms with Gasteiger partial charge in [-0.25, -0.2) is 15.0 Å². The highest BCUT2D eigenvalue weighted by Gasteiger charge is 2.22. The molecule has 0 amide bonds. The van der Waals surface area contributed by atoms with E-state index in [1.807, 2.05) is 36.4 Å². The fourth-order valence-corrected chi connectivity index (χ4v) is 12.3. The van der Waals surface area contributed by atoms with Gasteiger partial charge in [0.05, 0.1) is 43.5 Å². The Morgan fingerprint density at radius 1 is 0.271 bits per heavy atom. The molecule has 0 unspecified atom stereocenters. The smallest absolute Gasteiger partial charge is 0.165 e. The Labute approximate surface area is 405 Å². The van der Waals surface area contributed by atoms with Gasteiger partial charge in [0.2, 0.25) is 0 Å². The highest BCUT2D eigenvalue weighted by molar-refractivity contribution is 7.26. The molecule has 7 heteroatoms. The Hall–Kier alpha value is -9.17. The van der Waals surface area contributed by atoms with Gasteiger partial charge in [-0.15, -0.1) is 11.3 Å². The first-order valence-corrected chi connectivity index (χ1v) is 24.4. The van der Waals surface area contributed by atoms with Gasteiger partial charge in [0.1, 0.15) is 0 Å². The molecule has 0 spiro atoms. The second-order valence-electron chi connectivity index (χ2n) is 18.0. The molecule has 15 aromatic rings. The van der Waals surface area contributed by atoms with Gasteiger partial charge in [-0.1, -0.05) is 158 Å². The van der Waals surface area contributed by atoms with E-state index in [0.29, 0.717) is 17.5 Å². The third-order valence-electron chi connectivity index (χ3n) is 14.1. The Balaban J connectivity index is 0.989. The van der Waals surface area contributed by atoms with Gasteiger partial charge in [0.25, 0.3) is 0 Å². The summed E-state index contributed by atoms with van der Waals surface area (Å²) in [4.78, 5) is 15.4. The molecular formula is C63H38N6S. The van der Waals surface area contributed by atoms with Crippen molar-refractivity contribution < 1.29 is 0 Å². The number of thiophene rings is 1. The molecule has 70 heavy (non-hydrogen) atoms. The number of nitrogens with zero attached hydrogens (tertiary/aromatic N) is 6. The van der Waals surface area contributed by atoms with E-state index >= 15 is 0 Å². The molecule has 6 nitrogen and oxygen atoms in total. The van der Waals surface area contributed by atoms with Crippen LogP contribution in [0.3, 0.4) is 0 Å². The molecule has 0 atom stereocenters. The van der Waals surface area contributed by atoms with Gasteiger partial charge < -0.3 is 13.7 Å². The molecule has 0 aliphatic carbocycles. The van der Waals surface area contributed by atoms with Crippen molar-refractivity contribution >= 4 is 96.9 Å². The molecule has 0 N–H and O–H groups in total. The zero-order valence-electron chi connectivity index (χ0n) is 37.5. The number of rotatable bonds is 6. The zero-order chi connectivity index (χ0) is 45.9. The summed E-state index contributed by atoms with van der Waals surface area (Å²) in [7, 11) is 0. The normalized spacial score (nSPS) is 12.0. The van der Waals surface area contributed by atoms with E-state index in [1.165, 1.54) is 69.9 Å². The number of hydrogen-bond donors (Lipinski definition) is 0. The van der Waals surface area contributed by atoms with E-state index in [9.17, 15) is 0 Å². The first-order valence-electron chi connectivity index (χ1n) is 23.6. The molecule has 0 fully saturated rings. The SMILES string of the molecule is c1ccc(-c2nc(-c3ccccc3)nc(-c3cccc4c3sc3c(-n5c6ccc(-n7c8ccccc8c8ccccc87)cc6c6cc(-n7c8ccccc8c8ccccc87)ccc65)cccc34)n2)cc1. The number of hydrogen-bond acceptors (Lipinski definition) is 4. The lowest BCUT2D eigenvalue weighted by Gasteiger charge is -2.11. The lowest BCUT2D eigenvalue weighted by Crippen LogP contribution is -2.00. The van der Waals surface area contributed by atoms with Crippen molar-refractivity contribution in [1.82, 2.24) is 28.7 Å². The van der Waals surface area contributed by atoms with Crippen molar-refractivity contribution in [2.45, 2.75) is 0 Å². The van der Waals surface area contributed by atoms with Crippen LogP contribution in [0.1, 0.15) is 0 Å². The van der Waals surface area contributed by atoms with Crippen LogP contribution in [-0.4, -0.2) is 28.7 Å². The minimum Gasteiger partial charge on any atom is -0.309 e. The van der Waals surface area contributed by atoms with Gasteiger partial charge in [-0.2, -0.15) is 0 Å². The fraction of sp³-hybridized carbons (Fsp3) is 0. The molecule has 0 bridgehead atoms. The lowest BCUT2D eigenvalue weighted by molar-refractivity contribution is 1.08. The number of aromatic nitrogens is 6. The lowest BCUT2D eigenvalue weighted by atomic mass is 10.1. The van der Waals surface area contributed by atoms with Crippen molar-refractivity contribution in [2.24, 2.45) is 0 Å². The molecule has 0 radical (unpaired) electrons. The molecule has 0 aliphatic heterocycles. The molecule has 326 valence electrons. The summed E-state index contributed by atoms with van der Waals surface area (Å²) >= 11 is 1.81. The molecule has 0 aliphatic rings. The minimum absolute atomic E-state index is 0.647. The highest BCUT2D eigenvalue weighted by atomic mass is 32.1. The maximum Gasteiger partial charge on any atom is 0.165 e. The highest BCUT2D eigenvalue weighted by Crippen LogP contribution is 2.45. The van der Waals surface area contributed by atoms with Gasteiger partial charge in [0, 0.05) is 75.9 Å². The largest absolute Gasteiger partial charge is 0.309 e. The van der Waals surface area contributed by atoms with Crippen molar-refractivity contribution in [3.63, 3.8) is 0 Å². The minimum atomic E-state index is 0.647. The maximum absolute atomic E-state index is 5.18. The summed E-state index contributed by atoms with van der Waals surface area (Å²) in [6.45, 7) is 0. The Morgan fingerprint density at radius 3 is 1.14 bits per heavy atom. The van der Waals surface area contributed by atoms with Crippen LogP contribution < -0.4 is 0 Å². The van der Waals surface area contributed by atoms with Crippen LogP contribution in [0.25, 0.3) is 137 Å². The van der Waals surface area contributed by atoms with E-state index in [1.54, 1.807) is 11.3 Å². The number of benzene rings is 10. The molecule has 0 saturated heterocycles. The monoisotopic (exact) mass is 910 g/mol. The van der Waals surface area contributed by atoms with Crippen LogP contribution in [0.4, 0.5) is 0 Å². The third-order valence-corrected chi connectivity index (χ3v) is 15.4. The van der Waals surface area contributed by atoms with E-state index in [-0.39, 0.29) is 0 Å². The molecule has 15 rings (SSSR count). The van der Waals surface area contributed by atoms with Gasteiger partial charge in [-0.05, 0) is 72.8 Å².